The Balaban J connectivity index is 1.44. The highest BCUT2D eigenvalue weighted by Gasteiger charge is 2.27. The Morgan fingerprint density at radius 2 is 1.85 bits per heavy atom. The molecular formula is C22H36N4O. The first kappa shape index (κ1) is 20.2. The first-order chi connectivity index (χ1) is 13.2. The zero-order chi connectivity index (χ0) is 18.9. The van der Waals surface area contributed by atoms with Gasteiger partial charge in [-0.25, -0.2) is 0 Å². The van der Waals surface area contributed by atoms with Crippen LogP contribution in [0.4, 0.5) is 0 Å². The minimum absolute atomic E-state index is 0.422. The quantitative estimate of drug-likeness (QED) is 0.509. The van der Waals surface area contributed by atoms with Gasteiger partial charge in [-0.15, -0.1) is 0 Å². The molecule has 5 nitrogen and oxygen atoms in total. The summed E-state index contributed by atoms with van der Waals surface area (Å²) in [6.45, 7) is 5.73. The van der Waals surface area contributed by atoms with Crippen molar-refractivity contribution in [2.75, 3.05) is 26.2 Å². The van der Waals surface area contributed by atoms with Gasteiger partial charge in [-0.1, -0.05) is 43.2 Å². The molecule has 1 aromatic carbocycles. The number of nitrogens with one attached hydrogen (secondary N) is 2. The summed E-state index contributed by atoms with van der Waals surface area (Å²) in [5.74, 6) is 0.837. The van der Waals surface area contributed by atoms with Crippen LogP contribution in [0.2, 0.25) is 0 Å². The summed E-state index contributed by atoms with van der Waals surface area (Å²) < 4.78 is 0. The summed E-state index contributed by atoms with van der Waals surface area (Å²) in [6, 6.07) is 11.4. The van der Waals surface area contributed by atoms with Crippen LogP contribution in [0.1, 0.15) is 51.0 Å². The monoisotopic (exact) mass is 372 g/mol. The number of piperidine rings is 1. The third-order valence-electron chi connectivity index (χ3n) is 5.83. The maximum Gasteiger partial charge on any atom is 0.191 e. The highest BCUT2D eigenvalue weighted by atomic mass is 16.3. The molecule has 1 saturated heterocycles. The van der Waals surface area contributed by atoms with E-state index in [4.69, 9.17) is 0 Å². The lowest BCUT2D eigenvalue weighted by atomic mass is 10.0. The van der Waals surface area contributed by atoms with E-state index in [9.17, 15) is 5.11 Å². The number of rotatable bonds is 7. The summed E-state index contributed by atoms with van der Waals surface area (Å²) in [4.78, 5) is 7.32. The topological polar surface area (TPSA) is 59.9 Å². The Bertz CT molecular complexity index is 563. The molecule has 2 aliphatic rings. The van der Waals surface area contributed by atoms with Crippen LogP contribution >= 0.6 is 0 Å². The van der Waals surface area contributed by atoms with Crippen molar-refractivity contribution in [1.29, 1.82) is 0 Å². The van der Waals surface area contributed by atoms with Crippen LogP contribution in [0.3, 0.4) is 0 Å². The molecule has 0 amide bonds. The molecule has 0 spiro atoms. The summed E-state index contributed by atoms with van der Waals surface area (Å²) in [5.41, 5.74) is 1.15. The molecule has 1 unspecified atom stereocenters. The predicted octanol–water partition coefficient (Wildman–Crippen LogP) is 2.55. The van der Waals surface area contributed by atoms with E-state index in [1.807, 2.05) is 18.2 Å². The van der Waals surface area contributed by atoms with Gasteiger partial charge in [0.2, 0.25) is 0 Å². The largest absolute Gasteiger partial charge is 0.391 e. The Labute approximate surface area is 164 Å². The maximum atomic E-state index is 10.3. The molecule has 0 bridgehead atoms. The molecule has 2 fully saturated rings. The van der Waals surface area contributed by atoms with E-state index in [1.54, 1.807) is 0 Å². The SMILES string of the molecule is CCNC(=NCC(O)Cc1ccccc1)NC1CCN(C2CCCC2)CC1. The fraction of sp³-hybridized carbons (Fsp3) is 0.682. The number of hydrogen-bond donors (Lipinski definition) is 3. The molecule has 0 radical (unpaired) electrons. The van der Waals surface area contributed by atoms with Gasteiger partial charge in [-0.2, -0.15) is 0 Å². The van der Waals surface area contributed by atoms with Crippen LogP contribution in [0.15, 0.2) is 35.3 Å². The van der Waals surface area contributed by atoms with Crippen LogP contribution in [-0.2, 0) is 6.42 Å². The molecule has 3 rings (SSSR count). The van der Waals surface area contributed by atoms with Crippen LogP contribution in [0.25, 0.3) is 0 Å². The van der Waals surface area contributed by atoms with Crippen molar-refractivity contribution in [3.8, 4) is 0 Å². The molecule has 1 aliphatic carbocycles. The number of hydrogen-bond acceptors (Lipinski definition) is 3. The predicted molar refractivity (Wildman–Crippen MR) is 112 cm³/mol. The van der Waals surface area contributed by atoms with E-state index >= 15 is 0 Å². The number of nitrogens with zero attached hydrogens (tertiary/aromatic N) is 2. The van der Waals surface area contributed by atoms with Gasteiger partial charge < -0.3 is 20.6 Å². The van der Waals surface area contributed by atoms with Gasteiger partial charge in [-0.3, -0.25) is 4.99 Å². The molecule has 150 valence electrons. The average Bonchev–Trinajstić information content (AvgIpc) is 3.22. The van der Waals surface area contributed by atoms with Crippen molar-refractivity contribution in [3.63, 3.8) is 0 Å². The second-order valence-electron chi connectivity index (χ2n) is 7.96. The van der Waals surface area contributed by atoms with E-state index in [0.29, 0.717) is 19.0 Å². The minimum atomic E-state index is -0.452. The standard InChI is InChI=1S/C22H36N4O/c1-2-23-22(24-17-21(27)16-18-8-4-3-5-9-18)25-19-12-14-26(15-13-19)20-10-6-7-11-20/h3-5,8-9,19-21,27H,2,6-7,10-17H2,1H3,(H2,23,24,25). The Kier molecular flexibility index (Phi) is 7.96. The van der Waals surface area contributed by atoms with Crippen molar-refractivity contribution in [2.24, 2.45) is 4.99 Å². The number of aliphatic imine (C=N–C) groups is 1. The fourth-order valence-electron chi connectivity index (χ4n) is 4.34. The van der Waals surface area contributed by atoms with E-state index < -0.39 is 6.10 Å². The van der Waals surface area contributed by atoms with Gasteiger partial charge in [0.05, 0.1) is 12.6 Å². The van der Waals surface area contributed by atoms with Crippen LogP contribution in [-0.4, -0.2) is 60.3 Å². The summed E-state index contributed by atoms with van der Waals surface area (Å²) >= 11 is 0. The zero-order valence-electron chi connectivity index (χ0n) is 16.7. The number of aliphatic hydroxyl groups is 1. The molecule has 0 aromatic heterocycles. The molecular weight excluding hydrogens is 336 g/mol. The van der Waals surface area contributed by atoms with E-state index in [1.165, 1.54) is 51.6 Å². The minimum Gasteiger partial charge on any atom is -0.391 e. The normalized spacial score (nSPS) is 21.3. The van der Waals surface area contributed by atoms with Crippen LogP contribution in [0, 0.1) is 0 Å². The van der Waals surface area contributed by atoms with Gasteiger partial charge in [0.25, 0.3) is 0 Å². The van der Waals surface area contributed by atoms with Gasteiger partial charge in [0.15, 0.2) is 5.96 Å². The smallest absolute Gasteiger partial charge is 0.191 e. The van der Waals surface area contributed by atoms with Crippen molar-refractivity contribution in [1.82, 2.24) is 15.5 Å². The van der Waals surface area contributed by atoms with Gasteiger partial charge in [-0.05, 0) is 38.2 Å². The molecule has 5 heteroatoms. The van der Waals surface area contributed by atoms with Gasteiger partial charge >= 0.3 is 0 Å². The first-order valence-electron chi connectivity index (χ1n) is 10.8. The van der Waals surface area contributed by atoms with Gasteiger partial charge in [0.1, 0.15) is 0 Å². The third kappa shape index (κ3) is 6.51. The van der Waals surface area contributed by atoms with Crippen LogP contribution < -0.4 is 10.6 Å². The van der Waals surface area contributed by atoms with E-state index in [0.717, 1.165) is 24.1 Å². The first-order valence-corrected chi connectivity index (χ1v) is 10.8. The third-order valence-corrected chi connectivity index (χ3v) is 5.83. The molecule has 27 heavy (non-hydrogen) atoms. The van der Waals surface area contributed by atoms with Crippen molar-refractivity contribution in [2.45, 2.75) is 70.1 Å². The van der Waals surface area contributed by atoms with Gasteiger partial charge in [0, 0.05) is 38.1 Å². The lowest BCUT2D eigenvalue weighted by molar-refractivity contribution is 0.150. The molecule has 1 atom stereocenters. The molecule has 3 N–H and O–H groups in total. The number of guanidine groups is 1. The van der Waals surface area contributed by atoms with Crippen LogP contribution in [0.5, 0.6) is 0 Å². The highest BCUT2D eigenvalue weighted by Crippen LogP contribution is 2.26. The van der Waals surface area contributed by atoms with Crippen molar-refractivity contribution < 1.29 is 5.11 Å². The summed E-state index contributed by atoms with van der Waals surface area (Å²) in [7, 11) is 0. The van der Waals surface area contributed by atoms with E-state index in [2.05, 4.69) is 39.6 Å². The Morgan fingerprint density at radius 1 is 1.15 bits per heavy atom. The molecule has 1 aromatic rings. The zero-order valence-corrected chi connectivity index (χ0v) is 16.7. The maximum absolute atomic E-state index is 10.3. The molecule has 1 aliphatic heterocycles. The van der Waals surface area contributed by atoms with E-state index in [-0.39, 0.29) is 0 Å². The van der Waals surface area contributed by atoms with Crippen molar-refractivity contribution >= 4 is 5.96 Å². The Hall–Kier alpha value is -1.59. The second kappa shape index (κ2) is 10.7. The summed E-state index contributed by atoms with van der Waals surface area (Å²) in [5, 5.41) is 17.2. The number of likely N-dealkylation sites (tertiary alicyclic amines) is 1. The highest BCUT2D eigenvalue weighted by molar-refractivity contribution is 5.80. The second-order valence-corrected chi connectivity index (χ2v) is 7.96. The number of aliphatic hydroxyl groups excluding tert-OH is 1. The molecule has 1 saturated carbocycles. The summed E-state index contributed by atoms with van der Waals surface area (Å²) in [6.07, 6.45) is 8.14. The lowest BCUT2D eigenvalue weighted by Gasteiger charge is -2.36. The average molecular weight is 373 g/mol. The fourth-order valence-corrected chi connectivity index (χ4v) is 4.34. The lowest BCUT2D eigenvalue weighted by Crippen LogP contribution is -2.50. The van der Waals surface area contributed by atoms with Crippen molar-refractivity contribution in [3.05, 3.63) is 35.9 Å². The Morgan fingerprint density at radius 3 is 2.52 bits per heavy atom. The number of benzene rings is 1. The molecule has 1 heterocycles.